The summed E-state index contributed by atoms with van der Waals surface area (Å²) < 4.78 is 15.5. The molecule has 0 aliphatic carbocycles. The van der Waals surface area contributed by atoms with E-state index in [0.717, 1.165) is 28.1 Å². The van der Waals surface area contributed by atoms with Gasteiger partial charge in [0, 0.05) is 35.5 Å². The molecule has 3 aromatic rings. The van der Waals surface area contributed by atoms with Gasteiger partial charge in [0.15, 0.2) is 0 Å². The fourth-order valence-electron chi connectivity index (χ4n) is 3.71. The number of benzene rings is 2. The first-order chi connectivity index (χ1) is 14.3. The second kappa shape index (κ2) is 11.6. The number of carbonyl (C=O) groups excluding carboxylic acids is 1. The Morgan fingerprint density at radius 2 is 1.71 bits per heavy atom. The van der Waals surface area contributed by atoms with Crippen LogP contribution >= 0.6 is 0 Å². The molecular formula is C24H25FNNaO4. The number of aromatic nitrogens is 1. The monoisotopic (exact) mass is 433 g/mol. The summed E-state index contributed by atoms with van der Waals surface area (Å²) in [7, 11) is 0. The minimum absolute atomic E-state index is 0. The maximum absolute atomic E-state index is 13.4. The average molecular weight is 433 g/mol. The Hall–Kier alpha value is -1.96. The summed E-state index contributed by atoms with van der Waals surface area (Å²) >= 11 is 0. The fraction of sp³-hybridized carbons (Fsp3) is 0.292. The Balaban J connectivity index is 0.00000341. The minimum Gasteiger partial charge on any atom is -0.550 e. The number of carboxylic acids is 1. The van der Waals surface area contributed by atoms with Gasteiger partial charge >= 0.3 is 29.6 Å². The van der Waals surface area contributed by atoms with E-state index in [1.54, 1.807) is 12.1 Å². The normalized spacial score (nSPS) is 12.8. The molecule has 0 saturated carbocycles. The number of rotatable bonds is 9. The molecule has 7 heteroatoms. The first-order valence-electron chi connectivity index (χ1n) is 9.93. The zero-order valence-electron chi connectivity index (χ0n) is 17.8. The van der Waals surface area contributed by atoms with Crippen molar-refractivity contribution in [2.45, 2.75) is 44.8 Å². The number of hydrogen-bond donors (Lipinski definition) is 2. The van der Waals surface area contributed by atoms with Gasteiger partial charge in [-0.15, -0.1) is 0 Å². The van der Waals surface area contributed by atoms with E-state index in [-0.39, 0.29) is 41.8 Å². The molecule has 0 aliphatic rings. The predicted molar refractivity (Wildman–Crippen MR) is 110 cm³/mol. The van der Waals surface area contributed by atoms with Gasteiger partial charge in [0.25, 0.3) is 0 Å². The fourth-order valence-corrected chi connectivity index (χ4v) is 3.71. The molecule has 2 atom stereocenters. The molecule has 158 valence electrons. The van der Waals surface area contributed by atoms with Crippen molar-refractivity contribution < 1.29 is 54.1 Å². The molecule has 3 rings (SSSR count). The van der Waals surface area contributed by atoms with Crippen LogP contribution in [0.1, 0.15) is 30.5 Å². The maximum atomic E-state index is 13.4. The molecule has 5 nitrogen and oxygen atoms in total. The third kappa shape index (κ3) is 6.76. The van der Waals surface area contributed by atoms with Crippen molar-refractivity contribution in [2.75, 3.05) is 0 Å². The van der Waals surface area contributed by atoms with Crippen LogP contribution in [0, 0.1) is 12.7 Å². The van der Waals surface area contributed by atoms with Crippen LogP contribution in [0.15, 0.2) is 60.8 Å². The van der Waals surface area contributed by atoms with Crippen LogP contribution in [0.3, 0.4) is 0 Å². The molecule has 0 bridgehead atoms. The summed E-state index contributed by atoms with van der Waals surface area (Å²) in [5.74, 6) is -1.65. The van der Waals surface area contributed by atoms with Gasteiger partial charge in [-0.05, 0) is 61.6 Å². The van der Waals surface area contributed by atoms with Gasteiger partial charge in [-0.2, -0.15) is 0 Å². The zero-order chi connectivity index (χ0) is 21.7. The van der Waals surface area contributed by atoms with Crippen molar-refractivity contribution in [1.82, 2.24) is 4.57 Å². The van der Waals surface area contributed by atoms with Crippen LogP contribution in [0.4, 0.5) is 4.39 Å². The number of aliphatic carboxylic acids is 1. The summed E-state index contributed by atoms with van der Waals surface area (Å²) in [4.78, 5) is 10.6. The van der Waals surface area contributed by atoms with Crippen LogP contribution < -0.4 is 34.7 Å². The molecule has 2 aromatic carbocycles. The molecular weight excluding hydrogens is 408 g/mol. The third-order valence-electron chi connectivity index (χ3n) is 5.25. The summed E-state index contributed by atoms with van der Waals surface area (Å²) in [5.41, 5.74) is 4.82. The first-order valence-corrected chi connectivity index (χ1v) is 9.93. The van der Waals surface area contributed by atoms with Crippen molar-refractivity contribution >= 4 is 5.97 Å². The molecule has 2 N–H and O–H groups in total. The quantitative estimate of drug-likeness (QED) is 0.457. The minimum atomic E-state index is -1.34. The number of hydrogen-bond acceptors (Lipinski definition) is 4. The average Bonchev–Trinajstić information content (AvgIpc) is 3.03. The van der Waals surface area contributed by atoms with Crippen LogP contribution in [0.2, 0.25) is 0 Å². The van der Waals surface area contributed by atoms with E-state index >= 15 is 0 Å². The topological polar surface area (TPSA) is 85.5 Å². The van der Waals surface area contributed by atoms with Gasteiger partial charge in [-0.3, -0.25) is 0 Å². The first kappa shape index (κ1) is 25.3. The van der Waals surface area contributed by atoms with Gasteiger partial charge in [0.05, 0.1) is 12.2 Å². The molecule has 0 radical (unpaired) electrons. The van der Waals surface area contributed by atoms with Crippen molar-refractivity contribution in [3.63, 3.8) is 0 Å². The smallest absolute Gasteiger partial charge is 0.550 e. The number of nitrogens with zero attached hydrogens (tertiary/aromatic N) is 1. The van der Waals surface area contributed by atoms with E-state index in [1.165, 1.54) is 12.1 Å². The number of aliphatic hydroxyl groups is 2. The molecule has 0 fully saturated rings. The van der Waals surface area contributed by atoms with Crippen LogP contribution in [-0.2, 0) is 11.2 Å². The Bertz CT molecular complexity index is 989. The van der Waals surface area contributed by atoms with Crippen LogP contribution in [0.5, 0.6) is 0 Å². The van der Waals surface area contributed by atoms with Crippen molar-refractivity contribution in [3.05, 3.63) is 77.9 Å². The second-order valence-electron chi connectivity index (χ2n) is 7.48. The van der Waals surface area contributed by atoms with Gasteiger partial charge in [0.2, 0.25) is 0 Å². The van der Waals surface area contributed by atoms with Crippen LogP contribution in [0.25, 0.3) is 16.8 Å². The standard InChI is InChI=1S/C24H26FNO4.Na/c1-16-22(12-11-20(27)13-21(28)14-24(29)30)23(17-7-9-18(25)10-8-17)15-26(16)19-5-3-2-4-6-19;/h2-10,15,20-21,27-28H,11-14H2,1H3,(H,29,30);/q;+1/p-1/t20?,21-;/m1./s1. The molecule has 31 heavy (non-hydrogen) atoms. The van der Waals surface area contributed by atoms with Gasteiger partial charge in [0.1, 0.15) is 5.82 Å². The summed E-state index contributed by atoms with van der Waals surface area (Å²) in [6.45, 7) is 1.99. The van der Waals surface area contributed by atoms with E-state index in [1.807, 2.05) is 43.5 Å². The largest absolute Gasteiger partial charge is 1.00 e. The summed E-state index contributed by atoms with van der Waals surface area (Å²) in [5, 5.41) is 30.6. The molecule has 1 aromatic heterocycles. The van der Waals surface area contributed by atoms with Gasteiger partial charge in [-0.1, -0.05) is 30.3 Å². The number of carbonyl (C=O) groups is 1. The Morgan fingerprint density at radius 1 is 1.06 bits per heavy atom. The Kier molecular flexibility index (Phi) is 9.47. The molecule has 0 aliphatic heterocycles. The number of halogens is 1. The Morgan fingerprint density at radius 3 is 2.32 bits per heavy atom. The predicted octanol–water partition coefficient (Wildman–Crippen LogP) is -0.220. The maximum Gasteiger partial charge on any atom is 1.00 e. The van der Waals surface area contributed by atoms with Crippen molar-refractivity contribution in [3.8, 4) is 16.8 Å². The zero-order valence-corrected chi connectivity index (χ0v) is 19.8. The molecule has 0 saturated heterocycles. The molecule has 0 spiro atoms. The molecule has 1 heterocycles. The third-order valence-corrected chi connectivity index (χ3v) is 5.25. The van der Waals surface area contributed by atoms with Gasteiger partial charge < -0.3 is 24.7 Å². The van der Waals surface area contributed by atoms with E-state index in [4.69, 9.17) is 0 Å². The van der Waals surface area contributed by atoms with Crippen LogP contribution in [-0.4, -0.2) is 33.0 Å². The second-order valence-corrected chi connectivity index (χ2v) is 7.48. The SMILES string of the molecule is Cc1c(CCC(O)C[C@@H](O)CC(=O)[O-])c(-c2ccc(F)cc2)cn1-c1ccccc1.[Na+]. The number of para-hydroxylation sites is 1. The Labute approximate surface area is 203 Å². The van der Waals surface area contributed by atoms with E-state index < -0.39 is 24.6 Å². The van der Waals surface area contributed by atoms with E-state index in [2.05, 4.69) is 4.57 Å². The van der Waals surface area contributed by atoms with E-state index in [0.29, 0.717) is 12.8 Å². The summed E-state index contributed by atoms with van der Waals surface area (Å²) in [6, 6.07) is 16.1. The number of aliphatic hydroxyl groups excluding tert-OH is 2. The summed E-state index contributed by atoms with van der Waals surface area (Å²) in [6.07, 6.45) is 0.371. The van der Waals surface area contributed by atoms with Gasteiger partial charge in [-0.25, -0.2) is 4.39 Å². The van der Waals surface area contributed by atoms with Crippen molar-refractivity contribution in [2.24, 2.45) is 0 Å². The van der Waals surface area contributed by atoms with E-state index in [9.17, 15) is 24.5 Å². The molecule has 1 unspecified atom stereocenters. The van der Waals surface area contributed by atoms with Crippen molar-refractivity contribution in [1.29, 1.82) is 0 Å². The number of carboxylic acid groups (broad SMARTS) is 1. The molecule has 0 amide bonds.